The monoisotopic (exact) mass is 298 g/mol. The van der Waals surface area contributed by atoms with Gasteiger partial charge < -0.3 is 15.6 Å². The Balaban J connectivity index is 3.33. The summed E-state index contributed by atoms with van der Waals surface area (Å²) in [6, 6.07) is 4.64. The van der Waals surface area contributed by atoms with Crippen molar-refractivity contribution in [2.24, 2.45) is 5.73 Å². The molecule has 0 unspecified atom stereocenters. The van der Waals surface area contributed by atoms with Gasteiger partial charge in [0.1, 0.15) is 10.6 Å². The average molecular weight is 298 g/mol. The first-order chi connectivity index (χ1) is 9.47. The minimum absolute atomic E-state index is 0.00416. The number of hydrogen-bond acceptors (Lipinski definition) is 5. The van der Waals surface area contributed by atoms with Gasteiger partial charge >= 0.3 is 0 Å². The Morgan fingerprint density at radius 2 is 2.15 bits per heavy atom. The van der Waals surface area contributed by atoms with Crippen molar-refractivity contribution in [3.8, 4) is 17.6 Å². The van der Waals surface area contributed by atoms with Crippen LogP contribution in [0.3, 0.4) is 0 Å². The Morgan fingerprint density at radius 1 is 1.45 bits per heavy atom. The molecule has 0 radical (unpaired) electrons. The topological polar surface area (TPSA) is 92.9 Å². The molecule has 0 bridgehead atoms. The molecule has 1 aromatic rings. The third kappa shape index (κ3) is 3.71. The lowest BCUT2D eigenvalue weighted by Crippen LogP contribution is -2.30. The molecule has 0 aliphatic rings. The smallest absolute Gasteiger partial charge is 0.246 e. The number of benzene rings is 1. The first-order valence-corrected chi connectivity index (χ1v) is 7.35. The molecule has 0 spiro atoms. The molecule has 0 aliphatic heterocycles. The fraction of sp³-hybridized carbons (Fsp3) is 0.385. The van der Waals surface area contributed by atoms with Crippen molar-refractivity contribution >= 4 is 10.0 Å². The number of sulfonamides is 1. The summed E-state index contributed by atoms with van der Waals surface area (Å²) in [5, 5.41) is 8.87. The number of nitrogens with two attached hydrogens (primary N) is 1. The van der Waals surface area contributed by atoms with Crippen LogP contribution >= 0.6 is 0 Å². The van der Waals surface area contributed by atoms with Gasteiger partial charge in [0.05, 0.1) is 20.3 Å². The van der Waals surface area contributed by atoms with Crippen LogP contribution in [0.2, 0.25) is 0 Å². The molecule has 0 atom stereocenters. The van der Waals surface area contributed by atoms with Crippen LogP contribution in [0.25, 0.3) is 0 Å². The first kappa shape index (κ1) is 16.5. The summed E-state index contributed by atoms with van der Waals surface area (Å²) >= 11 is 0. The standard InChI is InChI=1S/C13H18N2O4S/c1-15(8-9-16)20(17,18)13-10-11(4-3-7-14)5-6-12(13)19-2/h5-6,10,16H,7-9,14H2,1-2H3. The third-order valence-electron chi connectivity index (χ3n) is 2.60. The highest BCUT2D eigenvalue weighted by molar-refractivity contribution is 7.89. The molecular formula is C13H18N2O4S. The number of aliphatic hydroxyl groups is 1. The largest absolute Gasteiger partial charge is 0.495 e. The van der Waals surface area contributed by atoms with Gasteiger partial charge in [0.25, 0.3) is 0 Å². The Hall–Kier alpha value is -1.59. The number of rotatable bonds is 5. The summed E-state index contributed by atoms with van der Waals surface area (Å²) in [4.78, 5) is 0.0137. The maximum absolute atomic E-state index is 12.4. The highest BCUT2D eigenvalue weighted by Gasteiger charge is 2.24. The molecule has 0 saturated heterocycles. The summed E-state index contributed by atoms with van der Waals surface area (Å²) in [5.74, 6) is 5.67. The van der Waals surface area contributed by atoms with Crippen molar-refractivity contribution < 1.29 is 18.3 Å². The lowest BCUT2D eigenvalue weighted by molar-refractivity contribution is 0.266. The summed E-state index contributed by atoms with van der Waals surface area (Å²) in [6.45, 7) is -0.0621. The SMILES string of the molecule is COc1ccc(C#CCN)cc1S(=O)(=O)N(C)CCO. The predicted molar refractivity (Wildman–Crippen MR) is 75.8 cm³/mol. The van der Waals surface area contributed by atoms with E-state index in [1.165, 1.54) is 20.2 Å². The second kappa shape index (κ2) is 7.26. The van der Waals surface area contributed by atoms with E-state index in [2.05, 4.69) is 11.8 Å². The lowest BCUT2D eigenvalue weighted by Gasteiger charge is -2.18. The van der Waals surface area contributed by atoms with E-state index in [1.807, 2.05) is 0 Å². The predicted octanol–water partition coefficient (Wildman–Crippen LogP) is -0.382. The van der Waals surface area contributed by atoms with Gasteiger partial charge in [0.15, 0.2) is 0 Å². The molecular weight excluding hydrogens is 280 g/mol. The highest BCUT2D eigenvalue weighted by Crippen LogP contribution is 2.27. The van der Waals surface area contributed by atoms with E-state index in [9.17, 15) is 8.42 Å². The highest BCUT2D eigenvalue weighted by atomic mass is 32.2. The molecule has 0 amide bonds. The van der Waals surface area contributed by atoms with Gasteiger partial charge in [-0.15, -0.1) is 0 Å². The number of ether oxygens (including phenoxy) is 1. The Labute approximate surface area is 119 Å². The van der Waals surface area contributed by atoms with Crippen molar-refractivity contribution in [1.29, 1.82) is 0 Å². The molecule has 0 saturated carbocycles. The van der Waals surface area contributed by atoms with Crippen molar-refractivity contribution in [1.82, 2.24) is 4.31 Å². The van der Waals surface area contributed by atoms with Crippen LogP contribution in [0.15, 0.2) is 23.1 Å². The van der Waals surface area contributed by atoms with Gasteiger partial charge in [-0.05, 0) is 18.2 Å². The molecule has 3 N–H and O–H groups in total. The number of methoxy groups -OCH3 is 1. The van der Waals surface area contributed by atoms with Crippen molar-refractivity contribution in [2.45, 2.75) is 4.90 Å². The van der Waals surface area contributed by atoms with Gasteiger partial charge in [0, 0.05) is 19.2 Å². The minimum Gasteiger partial charge on any atom is -0.495 e. The maximum Gasteiger partial charge on any atom is 0.246 e. The Bertz CT molecular complexity index is 617. The van der Waals surface area contributed by atoms with Crippen LogP contribution < -0.4 is 10.5 Å². The molecule has 0 fully saturated rings. The average Bonchev–Trinajstić information content (AvgIpc) is 2.45. The fourth-order valence-corrected chi connectivity index (χ4v) is 2.88. The molecule has 0 aliphatic carbocycles. The third-order valence-corrected chi connectivity index (χ3v) is 4.48. The zero-order chi connectivity index (χ0) is 15.2. The Morgan fingerprint density at radius 3 is 2.70 bits per heavy atom. The molecule has 7 heteroatoms. The summed E-state index contributed by atoms with van der Waals surface area (Å²) in [6.07, 6.45) is 0. The van der Waals surface area contributed by atoms with Crippen molar-refractivity contribution in [3.05, 3.63) is 23.8 Å². The van der Waals surface area contributed by atoms with Crippen LogP contribution in [0, 0.1) is 11.8 Å². The fourth-order valence-electron chi connectivity index (χ4n) is 1.54. The molecule has 110 valence electrons. The lowest BCUT2D eigenvalue weighted by atomic mass is 10.2. The number of nitrogens with zero attached hydrogens (tertiary/aromatic N) is 1. The second-order valence-electron chi connectivity index (χ2n) is 3.92. The summed E-state index contributed by atoms with van der Waals surface area (Å²) in [7, 11) is -0.956. The molecule has 0 aromatic heterocycles. The van der Waals surface area contributed by atoms with Crippen LogP contribution in [0.5, 0.6) is 5.75 Å². The Kier molecular flexibility index (Phi) is 5.98. The summed E-state index contributed by atoms with van der Waals surface area (Å²) < 4.78 is 30.9. The zero-order valence-electron chi connectivity index (χ0n) is 11.5. The van der Waals surface area contributed by atoms with E-state index in [4.69, 9.17) is 15.6 Å². The normalized spacial score (nSPS) is 11.1. The molecule has 0 heterocycles. The van der Waals surface area contributed by atoms with Gasteiger partial charge in [-0.3, -0.25) is 0 Å². The molecule has 1 aromatic carbocycles. The second-order valence-corrected chi connectivity index (χ2v) is 5.94. The maximum atomic E-state index is 12.4. The van der Waals surface area contributed by atoms with Gasteiger partial charge in [-0.2, -0.15) is 4.31 Å². The number of likely N-dealkylation sites (N-methyl/N-ethyl adjacent to an activating group) is 1. The van der Waals surface area contributed by atoms with Crippen LogP contribution in [0.1, 0.15) is 5.56 Å². The van der Waals surface area contributed by atoms with Crippen LogP contribution in [-0.4, -0.2) is 51.7 Å². The molecule has 20 heavy (non-hydrogen) atoms. The molecule has 6 nitrogen and oxygen atoms in total. The van der Waals surface area contributed by atoms with Gasteiger partial charge in [-0.25, -0.2) is 8.42 Å². The summed E-state index contributed by atoms with van der Waals surface area (Å²) in [5.41, 5.74) is 5.83. The van der Waals surface area contributed by atoms with E-state index < -0.39 is 10.0 Å². The van der Waals surface area contributed by atoms with E-state index in [-0.39, 0.29) is 30.3 Å². The van der Waals surface area contributed by atoms with Crippen molar-refractivity contribution in [2.75, 3.05) is 33.9 Å². The van der Waals surface area contributed by atoms with E-state index in [0.717, 1.165) is 4.31 Å². The number of aliphatic hydroxyl groups excluding tert-OH is 1. The quantitative estimate of drug-likeness (QED) is 0.723. The zero-order valence-corrected chi connectivity index (χ0v) is 12.3. The van der Waals surface area contributed by atoms with Gasteiger partial charge in [0.2, 0.25) is 10.0 Å². The minimum atomic E-state index is -3.74. The number of hydrogen-bond donors (Lipinski definition) is 2. The van der Waals surface area contributed by atoms with Crippen molar-refractivity contribution in [3.63, 3.8) is 0 Å². The van der Waals surface area contributed by atoms with Gasteiger partial charge in [-0.1, -0.05) is 11.8 Å². The molecule has 1 rings (SSSR count). The van der Waals surface area contributed by atoms with E-state index in [0.29, 0.717) is 5.56 Å². The first-order valence-electron chi connectivity index (χ1n) is 5.91. The van der Waals surface area contributed by atoms with Crippen LogP contribution in [0.4, 0.5) is 0 Å². The van der Waals surface area contributed by atoms with Crippen LogP contribution in [-0.2, 0) is 10.0 Å². The van der Waals surface area contributed by atoms with E-state index >= 15 is 0 Å². The van der Waals surface area contributed by atoms with E-state index in [1.54, 1.807) is 12.1 Å².